The lowest BCUT2D eigenvalue weighted by atomic mass is 9.92. The standard InChI is InChI=1S/C20H14F3NO2S/c21-20(22,23)13-8-9-15(17(10-13)27-14-4-2-1-3-5-14)19(26)16(11-24)18(25)12-6-7-12/h1-5,8-10,12,16H,6-7H2. The van der Waals surface area contributed by atoms with E-state index in [0.29, 0.717) is 17.7 Å². The van der Waals surface area contributed by atoms with E-state index in [0.717, 1.165) is 30.0 Å². The van der Waals surface area contributed by atoms with Crippen molar-refractivity contribution in [2.75, 3.05) is 0 Å². The van der Waals surface area contributed by atoms with Crippen molar-refractivity contribution >= 4 is 23.3 Å². The van der Waals surface area contributed by atoms with Gasteiger partial charge in [-0.3, -0.25) is 9.59 Å². The van der Waals surface area contributed by atoms with Crippen LogP contribution in [0, 0.1) is 23.2 Å². The van der Waals surface area contributed by atoms with Crippen LogP contribution >= 0.6 is 11.8 Å². The largest absolute Gasteiger partial charge is 0.416 e. The van der Waals surface area contributed by atoms with Crippen LogP contribution in [0.2, 0.25) is 0 Å². The van der Waals surface area contributed by atoms with Gasteiger partial charge < -0.3 is 0 Å². The molecule has 0 radical (unpaired) electrons. The Hall–Kier alpha value is -2.59. The van der Waals surface area contributed by atoms with Gasteiger partial charge in [0.05, 0.1) is 11.6 Å². The van der Waals surface area contributed by atoms with Crippen LogP contribution in [0.1, 0.15) is 28.8 Å². The van der Waals surface area contributed by atoms with Gasteiger partial charge in [-0.25, -0.2) is 0 Å². The van der Waals surface area contributed by atoms with Gasteiger partial charge >= 0.3 is 6.18 Å². The number of rotatable bonds is 6. The highest BCUT2D eigenvalue weighted by molar-refractivity contribution is 7.99. The number of ketones is 2. The number of alkyl halides is 3. The number of carbonyl (C=O) groups is 2. The van der Waals surface area contributed by atoms with Gasteiger partial charge in [0.25, 0.3) is 0 Å². The molecule has 1 atom stereocenters. The highest BCUT2D eigenvalue weighted by atomic mass is 32.2. The minimum Gasteiger partial charge on any atom is -0.297 e. The molecule has 1 aliphatic carbocycles. The maximum Gasteiger partial charge on any atom is 0.416 e. The Balaban J connectivity index is 2.01. The summed E-state index contributed by atoms with van der Waals surface area (Å²) in [7, 11) is 0. The molecule has 3 rings (SSSR count). The van der Waals surface area contributed by atoms with Crippen molar-refractivity contribution in [3.63, 3.8) is 0 Å². The van der Waals surface area contributed by atoms with E-state index >= 15 is 0 Å². The predicted octanol–water partition coefficient (Wildman–Crippen LogP) is 5.16. The normalized spacial score (nSPS) is 15.0. The van der Waals surface area contributed by atoms with Gasteiger partial charge in [-0.05, 0) is 43.2 Å². The summed E-state index contributed by atoms with van der Waals surface area (Å²) in [6.45, 7) is 0. The lowest BCUT2D eigenvalue weighted by molar-refractivity contribution is -0.137. The third kappa shape index (κ3) is 4.40. The van der Waals surface area contributed by atoms with Crippen molar-refractivity contribution in [1.29, 1.82) is 5.26 Å². The molecule has 27 heavy (non-hydrogen) atoms. The van der Waals surface area contributed by atoms with Crippen molar-refractivity contribution in [3.05, 3.63) is 59.7 Å². The van der Waals surface area contributed by atoms with E-state index in [2.05, 4.69) is 0 Å². The van der Waals surface area contributed by atoms with Crippen molar-refractivity contribution in [1.82, 2.24) is 0 Å². The second kappa shape index (κ2) is 7.57. The quantitative estimate of drug-likeness (QED) is 0.506. The van der Waals surface area contributed by atoms with E-state index in [1.54, 1.807) is 36.4 Å². The zero-order valence-corrected chi connectivity index (χ0v) is 14.8. The van der Waals surface area contributed by atoms with Gasteiger partial charge in [-0.15, -0.1) is 0 Å². The van der Waals surface area contributed by atoms with Gasteiger partial charge in [0.1, 0.15) is 0 Å². The molecule has 2 aromatic carbocycles. The molecule has 0 aromatic heterocycles. The highest BCUT2D eigenvalue weighted by Crippen LogP contribution is 2.38. The average molecular weight is 389 g/mol. The maximum absolute atomic E-state index is 13.1. The molecule has 0 bridgehead atoms. The summed E-state index contributed by atoms with van der Waals surface area (Å²) in [5.41, 5.74) is -0.933. The van der Waals surface area contributed by atoms with Crippen molar-refractivity contribution in [2.45, 2.75) is 28.8 Å². The predicted molar refractivity (Wildman–Crippen MR) is 93.2 cm³/mol. The fourth-order valence-corrected chi connectivity index (χ4v) is 3.62. The van der Waals surface area contributed by atoms with Crippen LogP contribution in [0.25, 0.3) is 0 Å². The van der Waals surface area contributed by atoms with Crippen molar-refractivity contribution in [2.24, 2.45) is 11.8 Å². The summed E-state index contributed by atoms with van der Waals surface area (Å²) in [5.74, 6) is -2.97. The lowest BCUT2D eigenvalue weighted by Gasteiger charge is -2.14. The molecule has 0 N–H and O–H groups in total. The number of carbonyl (C=O) groups excluding carboxylic acids is 2. The van der Waals surface area contributed by atoms with Gasteiger partial charge in [-0.2, -0.15) is 18.4 Å². The number of halogens is 3. The first-order valence-corrected chi connectivity index (χ1v) is 9.04. The van der Waals surface area contributed by atoms with Gasteiger partial charge in [0, 0.05) is 21.3 Å². The minimum atomic E-state index is -4.56. The second-order valence-electron chi connectivity index (χ2n) is 6.23. The molecule has 1 aliphatic rings. The Morgan fingerprint density at radius 3 is 2.33 bits per heavy atom. The third-order valence-corrected chi connectivity index (χ3v) is 5.27. The van der Waals surface area contributed by atoms with Gasteiger partial charge in [-0.1, -0.05) is 30.0 Å². The number of benzene rings is 2. The fourth-order valence-electron chi connectivity index (χ4n) is 2.61. The van der Waals surface area contributed by atoms with E-state index in [1.807, 2.05) is 0 Å². The number of Topliss-reactive ketones (excluding diaryl/α,β-unsaturated/α-hetero) is 2. The molecular formula is C20H14F3NO2S. The first kappa shape index (κ1) is 19.2. The van der Waals surface area contributed by atoms with Crippen LogP contribution < -0.4 is 0 Å². The van der Waals surface area contributed by atoms with Crippen molar-refractivity contribution in [3.8, 4) is 6.07 Å². The van der Waals surface area contributed by atoms with Crippen LogP contribution in [-0.4, -0.2) is 11.6 Å². The Morgan fingerprint density at radius 1 is 1.11 bits per heavy atom. The topological polar surface area (TPSA) is 57.9 Å². The Bertz CT molecular complexity index is 915. The maximum atomic E-state index is 13.1. The summed E-state index contributed by atoms with van der Waals surface area (Å²) in [6, 6.07) is 13.1. The fraction of sp³-hybridized carbons (Fsp3) is 0.250. The average Bonchev–Trinajstić information content (AvgIpc) is 3.47. The summed E-state index contributed by atoms with van der Waals surface area (Å²) >= 11 is 0.995. The molecule has 3 nitrogen and oxygen atoms in total. The zero-order chi connectivity index (χ0) is 19.6. The van der Waals surface area contributed by atoms with Crippen LogP contribution in [0.15, 0.2) is 58.3 Å². The van der Waals surface area contributed by atoms with E-state index in [-0.39, 0.29) is 16.4 Å². The summed E-state index contributed by atoms with van der Waals surface area (Å²) < 4.78 is 39.3. The van der Waals surface area contributed by atoms with E-state index in [9.17, 15) is 28.0 Å². The second-order valence-corrected chi connectivity index (χ2v) is 7.34. The molecule has 0 amide bonds. The molecule has 0 saturated heterocycles. The zero-order valence-electron chi connectivity index (χ0n) is 14.0. The molecule has 0 heterocycles. The van der Waals surface area contributed by atoms with Gasteiger partial charge in [0.2, 0.25) is 0 Å². The van der Waals surface area contributed by atoms with E-state index in [1.165, 1.54) is 0 Å². The first-order chi connectivity index (χ1) is 12.8. The number of nitriles is 1. The molecule has 0 aliphatic heterocycles. The van der Waals surface area contributed by atoms with E-state index < -0.39 is 29.2 Å². The monoisotopic (exact) mass is 389 g/mol. The van der Waals surface area contributed by atoms with Crippen LogP contribution in [0.5, 0.6) is 0 Å². The van der Waals surface area contributed by atoms with Crippen LogP contribution in [0.4, 0.5) is 13.2 Å². The van der Waals surface area contributed by atoms with Crippen molar-refractivity contribution < 1.29 is 22.8 Å². The number of nitrogens with zero attached hydrogens (tertiary/aromatic N) is 1. The Morgan fingerprint density at radius 2 is 1.78 bits per heavy atom. The molecule has 7 heteroatoms. The molecule has 138 valence electrons. The molecule has 2 aromatic rings. The van der Waals surface area contributed by atoms with Crippen LogP contribution in [0.3, 0.4) is 0 Å². The Labute approximate surface area is 158 Å². The van der Waals surface area contributed by atoms with Gasteiger partial charge in [0.15, 0.2) is 17.5 Å². The molecule has 1 saturated carbocycles. The van der Waals surface area contributed by atoms with Crippen LogP contribution in [-0.2, 0) is 11.0 Å². The molecule has 0 spiro atoms. The number of hydrogen-bond acceptors (Lipinski definition) is 4. The minimum absolute atomic E-state index is 0.0441. The SMILES string of the molecule is N#CC(C(=O)c1ccc(C(F)(F)F)cc1Sc1ccccc1)C(=O)C1CC1. The molecular weight excluding hydrogens is 375 g/mol. The summed E-state index contributed by atoms with van der Waals surface area (Å²) in [6.07, 6.45) is -3.28. The first-order valence-electron chi connectivity index (χ1n) is 8.23. The summed E-state index contributed by atoms with van der Waals surface area (Å²) in [5, 5.41) is 9.29. The summed E-state index contributed by atoms with van der Waals surface area (Å²) in [4.78, 5) is 25.7. The Kier molecular flexibility index (Phi) is 5.38. The molecule has 1 fully saturated rings. The smallest absolute Gasteiger partial charge is 0.297 e. The third-order valence-electron chi connectivity index (χ3n) is 4.20. The lowest BCUT2D eigenvalue weighted by Crippen LogP contribution is -2.24. The van der Waals surface area contributed by atoms with E-state index in [4.69, 9.17) is 0 Å². The molecule has 1 unspecified atom stereocenters. The number of hydrogen-bond donors (Lipinski definition) is 0. The highest BCUT2D eigenvalue weighted by Gasteiger charge is 2.40.